The van der Waals surface area contributed by atoms with Crippen LogP contribution in [-0.4, -0.2) is 4.16 Å². The van der Waals surface area contributed by atoms with Gasteiger partial charge in [0, 0.05) is 0 Å². The summed E-state index contributed by atoms with van der Waals surface area (Å²) in [6.07, 6.45) is 10.1. The third kappa shape index (κ3) is 3.12. The van der Waals surface area contributed by atoms with Crippen LogP contribution >= 0.6 is 36.5 Å². The van der Waals surface area contributed by atoms with Crippen molar-refractivity contribution in [3.8, 4) is 0 Å². The van der Waals surface area contributed by atoms with Crippen molar-refractivity contribution in [2.75, 3.05) is 0 Å². The molecule has 3 aliphatic rings. The molecule has 0 bridgehead atoms. The van der Waals surface area contributed by atoms with E-state index in [9.17, 15) is 0 Å². The van der Waals surface area contributed by atoms with Crippen LogP contribution in [0.15, 0.2) is 54.0 Å². The van der Waals surface area contributed by atoms with Crippen LogP contribution in [-0.2, 0) is 19.7 Å². The monoisotopic (exact) mass is 506 g/mol. The minimum absolute atomic E-state index is 0. The summed E-state index contributed by atoms with van der Waals surface area (Å²) < 4.78 is 3.46. The molecule has 0 N–H and O–H groups in total. The molecule has 1 atom stereocenters. The van der Waals surface area contributed by atoms with Gasteiger partial charge in [-0.3, -0.25) is 0 Å². The number of hydrogen-bond acceptors (Lipinski definition) is 2. The summed E-state index contributed by atoms with van der Waals surface area (Å²) in [6, 6.07) is 8.70. The predicted octanol–water partition coefficient (Wildman–Crippen LogP) is -0.197. The second-order valence-corrected chi connectivity index (χ2v) is 15.3. The molecule has 0 nitrogen and oxygen atoms in total. The van der Waals surface area contributed by atoms with Gasteiger partial charge in [0.05, 0.1) is 0 Å². The van der Waals surface area contributed by atoms with Crippen LogP contribution in [0.1, 0.15) is 17.5 Å². The molecule has 0 spiro atoms. The Kier molecular flexibility index (Phi) is 6.67. The fourth-order valence-corrected chi connectivity index (χ4v) is 14.1. The molecule has 0 saturated heterocycles. The zero-order chi connectivity index (χ0) is 13.7. The van der Waals surface area contributed by atoms with Gasteiger partial charge in [-0.25, -0.2) is 0 Å². The average Bonchev–Trinajstić information content (AvgIpc) is 3.15. The maximum absolute atomic E-state index is 6.02. The van der Waals surface area contributed by atoms with Crippen LogP contribution in [0.3, 0.4) is 0 Å². The third-order valence-electron chi connectivity index (χ3n) is 3.79. The van der Waals surface area contributed by atoms with Crippen molar-refractivity contribution >= 4 is 48.2 Å². The van der Waals surface area contributed by atoms with E-state index in [1.165, 1.54) is 24.9 Å². The molecule has 6 heteroatoms. The van der Waals surface area contributed by atoms with Gasteiger partial charge < -0.3 is 24.8 Å². The topological polar surface area (TPSA) is 0 Å². The van der Waals surface area contributed by atoms with Crippen molar-refractivity contribution in [1.29, 1.82) is 0 Å². The Bertz CT molecular complexity index is 765. The van der Waals surface area contributed by atoms with Gasteiger partial charge in [-0.15, -0.1) is 0 Å². The van der Waals surface area contributed by atoms with E-state index in [-0.39, 0.29) is 24.8 Å². The Morgan fingerprint density at radius 1 is 1.23 bits per heavy atom. The van der Waals surface area contributed by atoms with E-state index in [2.05, 4.69) is 64.5 Å². The van der Waals surface area contributed by atoms with Crippen molar-refractivity contribution in [2.24, 2.45) is 0 Å². The maximum atomic E-state index is 6.02. The summed E-state index contributed by atoms with van der Waals surface area (Å²) in [5.41, 5.74) is 5.64. The minimum atomic E-state index is -2.06. The van der Waals surface area contributed by atoms with E-state index < -0.39 is 19.7 Å². The van der Waals surface area contributed by atoms with Gasteiger partial charge in [0.2, 0.25) is 0 Å². The first kappa shape index (κ1) is 19.0. The van der Waals surface area contributed by atoms with Crippen LogP contribution in [0.25, 0.3) is 11.6 Å². The summed E-state index contributed by atoms with van der Waals surface area (Å²) in [6.45, 7) is 0. The van der Waals surface area contributed by atoms with Crippen molar-refractivity contribution in [3.63, 3.8) is 0 Å². The fourth-order valence-electron chi connectivity index (χ4n) is 2.83. The molecular formula is C16H11BrCl2S2Zr. The first-order valence-corrected chi connectivity index (χ1v) is 14.2. The van der Waals surface area contributed by atoms with E-state index in [0.717, 1.165) is 6.42 Å². The van der Waals surface area contributed by atoms with Crippen LogP contribution in [0.5, 0.6) is 0 Å². The molecule has 1 heterocycles. The SMILES string of the molecule is [Cl-].[Cl-].[S]=[Zr+2]([C]1=CC=CC1)[C]1=C2C(=Cc3ccccc32)C(Br)S1. The Hall–Kier alpha value is 0.693. The summed E-state index contributed by atoms with van der Waals surface area (Å²) in [5, 5.41) is 0. The van der Waals surface area contributed by atoms with E-state index in [1.54, 1.807) is 3.28 Å². The summed E-state index contributed by atoms with van der Waals surface area (Å²) >= 11 is 3.72. The number of thioether (sulfide) groups is 1. The van der Waals surface area contributed by atoms with E-state index in [4.69, 9.17) is 8.86 Å². The van der Waals surface area contributed by atoms with Crippen LogP contribution in [0.4, 0.5) is 0 Å². The molecule has 0 amide bonds. The normalized spacial score (nSPS) is 20.3. The standard InChI is InChI=1S/C11H6BrS.C5H5.2ClH.S.Zr/c12-11-9-5-7-3-1-2-4-8(7)10(9)6-13-11;1-2-4-5-3-1;;;;/h1-5,11H;1-3H,4H2;2*1H;;/q;;;;;+2/p-2. The molecule has 1 aromatic carbocycles. The van der Waals surface area contributed by atoms with Crippen molar-refractivity contribution in [1.82, 2.24) is 0 Å². The van der Waals surface area contributed by atoms with Gasteiger partial charge in [-0.05, 0) is 0 Å². The first-order valence-electron chi connectivity index (χ1n) is 6.52. The Labute approximate surface area is 166 Å². The van der Waals surface area contributed by atoms with Crippen molar-refractivity contribution in [3.05, 3.63) is 65.1 Å². The molecule has 1 unspecified atom stereocenters. The molecule has 0 saturated carbocycles. The second kappa shape index (κ2) is 7.72. The second-order valence-electron chi connectivity index (χ2n) is 4.98. The Morgan fingerprint density at radius 3 is 2.73 bits per heavy atom. The molecule has 112 valence electrons. The van der Waals surface area contributed by atoms with Gasteiger partial charge in [-0.1, -0.05) is 0 Å². The van der Waals surface area contributed by atoms with Gasteiger partial charge in [0.15, 0.2) is 0 Å². The van der Waals surface area contributed by atoms with Gasteiger partial charge in [0.25, 0.3) is 0 Å². The zero-order valence-corrected chi connectivity index (χ0v) is 18.5. The van der Waals surface area contributed by atoms with E-state index in [1.807, 2.05) is 11.8 Å². The fraction of sp³-hybridized carbons (Fsp3) is 0.125. The van der Waals surface area contributed by atoms with Crippen molar-refractivity contribution < 1.29 is 44.5 Å². The average molecular weight is 509 g/mol. The van der Waals surface area contributed by atoms with E-state index >= 15 is 0 Å². The zero-order valence-electron chi connectivity index (χ0n) is 11.4. The first-order chi connectivity index (χ1) is 9.75. The third-order valence-corrected chi connectivity index (χ3v) is 15.3. The molecule has 1 aliphatic heterocycles. The quantitative estimate of drug-likeness (QED) is 0.507. The van der Waals surface area contributed by atoms with Gasteiger partial charge >= 0.3 is 144 Å². The number of allylic oxidation sites excluding steroid dienone is 5. The molecule has 0 fully saturated rings. The molecule has 1 aromatic rings. The molecule has 22 heavy (non-hydrogen) atoms. The number of benzene rings is 1. The van der Waals surface area contributed by atoms with Gasteiger partial charge in [0.1, 0.15) is 0 Å². The molecular weight excluding hydrogens is 498 g/mol. The molecule has 2 aliphatic carbocycles. The summed E-state index contributed by atoms with van der Waals surface area (Å²) in [4.78, 5) is 0. The van der Waals surface area contributed by atoms with E-state index in [0.29, 0.717) is 4.16 Å². The number of halogens is 3. The predicted molar refractivity (Wildman–Crippen MR) is 91.1 cm³/mol. The molecule has 0 radical (unpaired) electrons. The number of hydrogen-bond donors (Lipinski definition) is 0. The Balaban J connectivity index is 0.000000882. The van der Waals surface area contributed by atoms with Crippen LogP contribution < -0.4 is 24.8 Å². The Morgan fingerprint density at radius 2 is 2.00 bits per heavy atom. The number of fused-ring (bicyclic) bond motifs is 3. The van der Waals surface area contributed by atoms with Gasteiger partial charge in [-0.2, -0.15) is 0 Å². The number of alkyl halides is 1. The summed E-state index contributed by atoms with van der Waals surface area (Å²) in [7, 11) is 6.02. The summed E-state index contributed by atoms with van der Waals surface area (Å²) in [5.74, 6) is 0. The molecule has 0 aromatic heterocycles. The van der Waals surface area contributed by atoms with Crippen molar-refractivity contribution in [2.45, 2.75) is 10.6 Å². The molecule has 4 rings (SSSR count). The van der Waals surface area contributed by atoms with Crippen LogP contribution in [0.2, 0.25) is 0 Å². The number of rotatable bonds is 2. The van der Waals surface area contributed by atoms with Crippen LogP contribution in [0, 0.1) is 0 Å².